The molecule has 0 aromatic heterocycles. The van der Waals surface area contributed by atoms with Crippen LogP contribution in [0.25, 0.3) is 11.1 Å². The maximum absolute atomic E-state index is 9.84. The van der Waals surface area contributed by atoms with Crippen molar-refractivity contribution in [3.05, 3.63) is 76.6 Å². The zero-order chi connectivity index (χ0) is 22.8. The topological polar surface area (TPSA) is 55.5 Å². The second-order valence-electron chi connectivity index (χ2n) is 10.5. The number of nitrogens with two attached hydrogens (primary N) is 1. The minimum Gasteiger partial charge on any atom is -0.508 e. The molecule has 1 aliphatic carbocycles. The smallest absolute Gasteiger partial charge is 0.124 e. The van der Waals surface area contributed by atoms with Gasteiger partial charge in [0.25, 0.3) is 0 Å². The van der Waals surface area contributed by atoms with Gasteiger partial charge in [-0.3, -0.25) is 0 Å². The van der Waals surface area contributed by atoms with Crippen LogP contribution in [0.15, 0.2) is 59.9 Å². The van der Waals surface area contributed by atoms with E-state index in [1.807, 2.05) is 19.1 Å². The largest absolute Gasteiger partial charge is 0.508 e. The molecule has 0 spiro atoms. The zero-order valence-corrected chi connectivity index (χ0v) is 19.9. The fourth-order valence-corrected chi connectivity index (χ4v) is 5.58. The number of aromatic hydroxyl groups is 1. The lowest BCUT2D eigenvalue weighted by atomic mass is 9.62. The van der Waals surface area contributed by atoms with Gasteiger partial charge in [0.2, 0.25) is 0 Å². The summed E-state index contributed by atoms with van der Waals surface area (Å²) in [5.41, 5.74) is 7.91. The molecule has 2 aromatic rings. The Morgan fingerprint density at radius 2 is 1.32 bits per heavy atom. The zero-order valence-electron chi connectivity index (χ0n) is 19.9. The summed E-state index contributed by atoms with van der Waals surface area (Å²) in [5, 5.41) is 9.84. The van der Waals surface area contributed by atoms with Crippen molar-refractivity contribution in [2.45, 2.75) is 67.2 Å². The molecule has 3 nitrogen and oxygen atoms in total. The van der Waals surface area contributed by atoms with Crippen molar-refractivity contribution in [2.75, 3.05) is 0 Å². The third-order valence-corrected chi connectivity index (χ3v) is 6.33. The molecule has 0 atom stereocenters. The van der Waals surface area contributed by atoms with Crippen molar-refractivity contribution in [3.63, 3.8) is 0 Å². The Balaban J connectivity index is 2.15. The van der Waals surface area contributed by atoms with Crippen LogP contribution in [0.5, 0.6) is 5.75 Å². The Morgan fingerprint density at radius 1 is 0.871 bits per heavy atom. The third-order valence-electron chi connectivity index (χ3n) is 6.33. The number of hydrogen-bond acceptors (Lipinski definition) is 3. The van der Waals surface area contributed by atoms with Gasteiger partial charge in [-0.1, -0.05) is 76.6 Å². The van der Waals surface area contributed by atoms with Crippen LogP contribution in [0, 0.1) is 10.8 Å². The van der Waals surface area contributed by atoms with Gasteiger partial charge in [-0.15, -0.1) is 0 Å². The molecule has 0 aliphatic heterocycles. The van der Waals surface area contributed by atoms with E-state index in [2.05, 4.69) is 58.9 Å². The molecule has 2 aromatic carbocycles. The molecule has 166 valence electrons. The first-order valence-electron chi connectivity index (χ1n) is 11.2. The summed E-state index contributed by atoms with van der Waals surface area (Å²) >= 11 is 0. The van der Waals surface area contributed by atoms with E-state index < -0.39 is 0 Å². The predicted octanol–water partition coefficient (Wildman–Crippen LogP) is 7.46. The van der Waals surface area contributed by atoms with Crippen LogP contribution in [0.1, 0.15) is 83.9 Å². The van der Waals surface area contributed by atoms with Crippen LogP contribution < -0.4 is 5.90 Å². The van der Waals surface area contributed by atoms with Crippen LogP contribution in [0.3, 0.4) is 0 Å². The average molecular weight is 420 g/mol. The summed E-state index contributed by atoms with van der Waals surface area (Å²) in [4.78, 5) is 5.00. The van der Waals surface area contributed by atoms with Gasteiger partial charge < -0.3 is 9.94 Å². The van der Waals surface area contributed by atoms with Crippen molar-refractivity contribution < 1.29 is 9.94 Å². The van der Waals surface area contributed by atoms with Crippen molar-refractivity contribution >= 4 is 11.1 Å². The van der Waals surface area contributed by atoms with E-state index in [0.29, 0.717) is 5.75 Å². The van der Waals surface area contributed by atoms with E-state index in [0.717, 1.165) is 41.7 Å². The average Bonchev–Trinajstić information content (AvgIpc) is 2.69. The highest BCUT2D eigenvalue weighted by Crippen LogP contribution is 2.51. The highest BCUT2D eigenvalue weighted by atomic mass is 16.6. The van der Waals surface area contributed by atoms with Gasteiger partial charge in [0.05, 0.1) is 0 Å². The van der Waals surface area contributed by atoms with E-state index in [-0.39, 0.29) is 10.8 Å². The molecule has 1 saturated carbocycles. The van der Waals surface area contributed by atoms with Gasteiger partial charge in [-0.2, -0.15) is 5.90 Å². The second-order valence-corrected chi connectivity index (χ2v) is 10.5. The first-order valence-corrected chi connectivity index (χ1v) is 11.2. The molecular formula is C28H37NO2. The fraction of sp³-hybridized carbons (Fsp3) is 0.429. The van der Waals surface area contributed by atoms with E-state index in [9.17, 15) is 5.11 Å². The van der Waals surface area contributed by atoms with E-state index in [1.165, 1.54) is 23.1 Å². The maximum Gasteiger partial charge on any atom is 0.124 e. The Labute approximate surface area is 187 Å². The molecule has 0 amide bonds. The Bertz CT molecular complexity index is 959. The Morgan fingerprint density at radius 3 is 1.77 bits per heavy atom. The van der Waals surface area contributed by atoms with E-state index in [1.54, 1.807) is 12.1 Å². The summed E-state index contributed by atoms with van der Waals surface area (Å²) in [7, 11) is 0. The first-order chi connectivity index (χ1) is 14.5. The molecule has 0 saturated heterocycles. The van der Waals surface area contributed by atoms with Gasteiger partial charge >= 0.3 is 0 Å². The summed E-state index contributed by atoms with van der Waals surface area (Å²) in [6, 6.07) is 16.4. The summed E-state index contributed by atoms with van der Waals surface area (Å²) < 4.78 is 0. The summed E-state index contributed by atoms with van der Waals surface area (Å²) in [6.45, 7) is 13.5. The van der Waals surface area contributed by atoms with Crippen LogP contribution in [0.4, 0.5) is 0 Å². The predicted molar refractivity (Wildman–Crippen MR) is 130 cm³/mol. The number of rotatable bonds is 5. The lowest BCUT2D eigenvalue weighted by Crippen LogP contribution is -2.30. The second kappa shape index (κ2) is 8.92. The molecule has 3 rings (SSSR count). The van der Waals surface area contributed by atoms with Crippen LogP contribution in [0.2, 0.25) is 0 Å². The fourth-order valence-electron chi connectivity index (χ4n) is 5.58. The molecule has 0 heterocycles. The number of allylic oxidation sites excluding steroid dienone is 3. The Kier molecular flexibility index (Phi) is 6.66. The third kappa shape index (κ3) is 5.40. The molecule has 3 heteroatoms. The molecule has 0 bridgehead atoms. The quantitative estimate of drug-likeness (QED) is 0.390. The summed E-state index contributed by atoms with van der Waals surface area (Å²) in [6.07, 6.45) is 4.23. The number of benzene rings is 2. The van der Waals surface area contributed by atoms with Crippen molar-refractivity contribution in [3.8, 4) is 5.75 Å². The number of hydrogen-bond donors (Lipinski definition) is 2. The lowest BCUT2D eigenvalue weighted by Gasteiger charge is -2.43. The highest BCUT2D eigenvalue weighted by Gasteiger charge is 2.37. The molecule has 3 N–H and O–H groups in total. The first kappa shape index (κ1) is 23.1. The van der Waals surface area contributed by atoms with Gasteiger partial charge in [-0.25, -0.2) is 0 Å². The Hall–Kier alpha value is -2.52. The molecule has 0 unspecified atom stereocenters. The monoisotopic (exact) mass is 419 g/mol. The SMILES string of the molecule is CC/C(=C(/C)ON)c1ccc(C(=C2CC(C)(C)CC(C)(C)C2)c2ccc(O)cc2)cc1. The van der Waals surface area contributed by atoms with Crippen LogP contribution >= 0.6 is 0 Å². The van der Waals surface area contributed by atoms with Gasteiger partial charge in [0.1, 0.15) is 11.5 Å². The van der Waals surface area contributed by atoms with Gasteiger partial charge in [-0.05, 0) is 83.4 Å². The maximum atomic E-state index is 9.84. The lowest BCUT2D eigenvalue weighted by molar-refractivity contribution is 0.154. The van der Waals surface area contributed by atoms with Crippen LogP contribution in [-0.2, 0) is 4.84 Å². The van der Waals surface area contributed by atoms with E-state index in [4.69, 9.17) is 10.7 Å². The minimum atomic E-state index is 0.257. The van der Waals surface area contributed by atoms with Crippen molar-refractivity contribution in [1.82, 2.24) is 0 Å². The standard InChI is InChI=1S/C28H37NO2/c1-7-25(19(2)31-29)20-8-10-21(11-9-20)26(22-12-14-24(30)15-13-22)23-16-27(3,4)18-28(5,6)17-23/h8-15,30H,7,16-18,29H2,1-6H3/b25-19+. The molecular weight excluding hydrogens is 382 g/mol. The molecule has 31 heavy (non-hydrogen) atoms. The summed E-state index contributed by atoms with van der Waals surface area (Å²) in [5.74, 6) is 6.46. The molecule has 1 aliphatic rings. The van der Waals surface area contributed by atoms with Crippen LogP contribution in [-0.4, -0.2) is 5.11 Å². The molecule has 0 radical (unpaired) electrons. The van der Waals surface area contributed by atoms with E-state index >= 15 is 0 Å². The normalized spacial score (nSPS) is 18.4. The number of phenolic OH excluding ortho intramolecular Hbond substituents is 1. The minimum absolute atomic E-state index is 0.257. The van der Waals surface area contributed by atoms with Gasteiger partial charge in [0, 0.05) is 0 Å². The van der Waals surface area contributed by atoms with Crippen molar-refractivity contribution in [2.24, 2.45) is 16.7 Å². The number of phenols is 1. The highest BCUT2D eigenvalue weighted by molar-refractivity contribution is 5.83. The van der Waals surface area contributed by atoms with Crippen molar-refractivity contribution in [1.29, 1.82) is 0 Å². The molecule has 1 fully saturated rings. The van der Waals surface area contributed by atoms with Gasteiger partial charge in [0.15, 0.2) is 0 Å².